The minimum atomic E-state index is -0.737. The van der Waals surface area contributed by atoms with Crippen LogP contribution in [-0.4, -0.2) is 54.1 Å². The van der Waals surface area contributed by atoms with Crippen molar-refractivity contribution >= 4 is 23.7 Å². The maximum atomic E-state index is 12.7. The molecule has 24 heavy (non-hydrogen) atoms. The van der Waals surface area contributed by atoms with Gasteiger partial charge < -0.3 is 5.32 Å². The molecular formula is C15H16N6O2S. The van der Waals surface area contributed by atoms with Gasteiger partial charge in [0.15, 0.2) is 5.82 Å². The smallest absolute Gasteiger partial charge is 0.322 e. The SMILES string of the molecule is O=C1N[C@@]2(CCSC2)C(=O)N1Cc1nnnn1Cc1ccccc1. The summed E-state index contributed by atoms with van der Waals surface area (Å²) in [7, 11) is 0. The molecule has 0 bridgehead atoms. The van der Waals surface area contributed by atoms with Crippen LogP contribution in [0.25, 0.3) is 0 Å². The number of imide groups is 1. The van der Waals surface area contributed by atoms with Crippen LogP contribution < -0.4 is 5.32 Å². The molecule has 1 spiro atoms. The summed E-state index contributed by atoms with van der Waals surface area (Å²) < 4.78 is 1.62. The van der Waals surface area contributed by atoms with Crippen molar-refractivity contribution < 1.29 is 9.59 Å². The molecule has 8 nitrogen and oxygen atoms in total. The lowest BCUT2D eigenvalue weighted by Crippen LogP contribution is -2.47. The number of benzene rings is 1. The fourth-order valence-corrected chi connectivity index (χ4v) is 4.33. The fourth-order valence-electron chi connectivity index (χ4n) is 3.01. The topological polar surface area (TPSA) is 93.0 Å². The van der Waals surface area contributed by atoms with Crippen LogP contribution >= 0.6 is 11.8 Å². The van der Waals surface area contributed by atoms with Gasteiger partial charge in [0.2, 0.25) is 0 Å². The van der Waals surface area contributed by atoms with E-state index in [1.165, 1.54) is 4.90 Å². The predicted molar refractivity (Wildman–Crippen MR) is 87.1 cm³/mol. The van der Waals surface area contributed by atoms with E-state index in [0.717, 1.165) is 11.3 Å². The van der Waals surface area contributed by atoms with E-state index in [1.807, 2.05) is 30.3 Å². The summed E-state index contributed by atoms with van der Waals surface area (Å²) in [6, 6.07) is 9.41. The molecule has 0 radical (unpaired) electrons. The van der Waals surface area contributed by atoms with Gasteiger partial charge in [0.1, 0.15) is 5.54 Å². The molecule has 2 aromatic rings. The molecular weight excluding hydrogens is 328 g/mol. The van der Waals surface area contributed by atoms with Crippen LogP contribution in [0, 0.1) is 0 Å². The molecule has 0 aliphatic carbocycles. The van der Waals surface area contributed by atoms with Crippen molar-refractivity contribution in [2.75, 3.05) is 11.5 Å². The molecule has 4 rings (SSSR count). The number of aromatic nitrogens is 4. The average molecular weight is 344 g/mol. The van der Waals surface area contributed by atoms with Crippen molar-refractivity contribution in [2.45, 2.75) is 25.0 Å². The van der Waals surface area contributed by atoms with E-state index in [4.69, 9.17) is 0 Å². The van der Waals surface area contributed by atoms with E-state index < -0.39 is 5.54 Å². The van der Waals surface area contributed by atoms with Crippen molar-refractivity contribution in [3.05, 3.63) is 41.7 Å². The third kappa shape index (κ3) is 2.54. The molecule has 0 unspecified atom stereocenters. The Balaban J connectivity index is 1.53. The number of tetrazole rings is 1. The van der Waals surface area contributed by atoms with Gasteiger partial charge in [0.05, 0.1) is 13.1 Å². The Morgan fingerprint density at radius 3 is 2.79 bits per heavy atom. The zero-order chi connectivity index (χ0) is 16.6. The Hall–Kier alpha value is -2.42. The van der Waals surface area contributed by atoms with Gasteiger partial charge in [-0.2, -0.15) is 11.8 Å². The molecule has 1 atom stereocenters. The molecule has 124 valence electrons. The van der Waals surface area contributed by atoms with Gasteiger partial charge >= 0.3 is 6.03 Å². The highest BCUT2D eigenvalue weighted by atomic mass is 32.2. The van der Waals surface area contributed by atoms with Crippen LogP contribution in [0.2, 0.25) is 0 Å². The molecule has 3 amide bonds. The largest absolute Gasteiger partial charge is 0.325 e. The second-order valence-corrected chi connectivity index (χ2v) is 7.05. The molecule has 2 saturated heterocycles. The Morgan fingerprint density at radius 1 is 1.21 bits per heavy atom. The number of carbonyl (C=O) groups is 2. The number of rotatable bonds is 4. The van der Waals surface area contributed by atoms with Crippen LogP contribution in [0.3, 0.4) is 0 Å². The number of thioether (sulfide) groups is 1. The second-order valence-electron chi connectivity index (χ2n) is 5.94. The normalized spacial score (nSPS) is 23.2. The molecule has 1 aromatic heterocycles. The maximum Gasteiger partial charge on any atom is 0.325 e. The minimum Gasteiger partial charge on any atom is -0.322 e. The number of hydrogen-bond acceptors (Lipinski definition) is 6. The molecule has 3 heterocycles. The summed E-state index contributed by atoms with van der Waals surface area (Å²) in [5.41, 5.74) is 0.311. The van der Waals surface area contributed by atoms with Crippen LogP contribution in [0.1, 0.15) is 17.8 Å². The van der Waals surface area contributed by atoms with E-state index in [1.54, 1.807) is 16.4 Å². The highest BCUT2D eigenvalue weighted by Gasteiger charge is 2.53. The number of carbonyl (C=O) groups excluding carboxylic acids is 2. The van der Waals surface area contributed by atoms with E-state index in [-0.39, 0.29) is 18.5 Å². The second kappa shape index (κ2) is 5.90. The zero-order valence-corrected chi connectivity index (χ0v) is 13.7. The first-order chi connectivity index (χ1) is 11.7. The third-order valence-electron chi connectivity index (χ3n) is 4.35. The standard InChI is InChI=1S/C15H16N6O2S/c22-13-15(6-7-24-10-15)16-14(23)20(13)9-12-17-18-19-21(12)8-11-4-2-1-3-5-11/h1-5H,6-10H2,(H,16,23)/t15-/m1/s1. The summed E-state index contributed by atoms with van der Waals surface area (Å²) in [4.78, 5) is 26.2. The van der Waals surface area contributed by atoms with E-state index in [0.29, 0.717) is 24.5 Å². The van der Waals surface area contributed by atoms with Crippen molar-refractivity contribution in [3.8, 4) is 0 Å². The van der Waals surface area contributed by atoms with Crippen molar-refractivity contribution in [2.24, 2.45) is 0 Å². The molecule has 2 aliphatic rings. The zero-order valence-electron chi connectivity index (χ0n) is 12.9. The predicted octanol–water partition coefficient (Wildman–Crippen LogP) is 0.649. The Labute approximate surface area is 142 Å². The first kappa shape index (κ1) is 15.1. The Bertz CT molecular complexity index is 771. The minimum absolute atomic E-state index is 0.0803. The van der Waals surface area contributed by atoms with Crippen LogP contribution in [0.15, 0.2) is 30.3 Å². The highest BCUT2D eigenvalue weighted by Crippen LogP contribution is 2.33. The van der Waals surface area contributed by atoms with Gasteiger partial charge in [-0.3, -0.25) is 9.69 Å². The van der Waals surface area contributed by atoms with Crippen LogP contribution in [0.5, 0.6) is 0 Å². The molecule has 0 saturated carbocycles. The van der Waals surface area contributed by atoms with E-state index in [2.05, 4.69) is 20.8 Å². The number of hydrogen-bond donors (Lipinski definition) is 1. The van der Waals surface area contributed by atoms with Gasteiger partial charge in [-0.15, -0.1) is 5.10 Å². The lowest BCUT2D eigenvalue weighted by Gasteiger charge is -2.19. The molecule has 1 aromatic carbocycles. The van der Waals surface area contributed by atoms with Gasteiger partial charge in [-0.25, -0.2) is 9.48 Å². The Kier molecular flexibility index (Phi) is 3.72. The molecule has 2 fully saturated rings. The molecule has 9 heteroatoms. The quantitative estimate of drug-likeness (QED) is 0.819. The first-order valence-electron chi connectivity index (χ1n) is 7.69. The van der Waals surface area contributed by atoms with Gasteiger partial charge in [0, 0.05) is 5.75 Å². The summed E-state index contributed by atoms with van der Waals surface area (Å²) in [5.74, 6) is 1.83. The monoisotopic (exact) mass is 344 g/mol. The first-order valence-corrected chi connectivity index (χ1v) is 8.84. The van der Waals surface area contributed by atoms with Gasteiger partial charge in [-0.05, 0) is 28.2 Å². The van der Waals surface area contributed by atoms with Gasteiger partial charge in [0.25, 0.3) is 5.91 Å². The summed E-state index contributed by atoms with van der Waals surface area (Å²) in [5, 5.41) is 14.5. The fraction of sp³-hybridized carbons (Fsp3) is 0.400. The van der Waals surface area contributed by atoms with Crippen molar-refractivity contribution in [1.29, 1.82) is 0 Å². The number of amides is 3. The number of nitrogens with zero attached hydrogens (tertiary/aromatic N) is 5. The third-order valence-corrected chi connectivity index (χ3v) is 5.54. The summed E-state index contributed by atoms with van der Waals surface area (Å²) >= 11 is 1.68. The van der Waals surface area contributed by atoms with E-state index in [9.17, 15) is 9.59 Å². The van der Waals surface area contributed by atoms with Crippen LogP contribution in [0.4, 0.5) is 4.79 Å². The molecule has 2 aliphatic heterocycles. The van der Waals surface area contributed by atoms with Crippen molar-refractivity contribution in [3.63, 3.8) is 0 Å². The summed E-state index contributed by atoms with van der Waals surface area (Å²) in [6.07, 6.45) is 0.674. The molecule has 1 N–H and O–H groups in total. The Morgan fingerprint density at radius 2 is 2.04 bits per heavy atom. The van der Waals surface area contributed by atoms with Crippen molar-refractivity contribution in [1.82, 2.24) is 30.4 Å². The van der Waals surface area contributed by atoms with Crippen LogP contribution in [-0.2, 0) is 17.9 Å². The van der Waals surface area contributed by atoms with E-state index >= 15 is 0 Å². The lowest BCUT2D eigenvalue weighted by atomic mass is 9.99. The highest BCUT2D eigenvalue weighted by molar-refractivity contribution is 7.99. The average Bonchev–Trinajstić information content (AvgIpc) is 3.28. The summed E-state index contributed by atoms with van der Waals surface area (Å²) in [6.45, 7) is 0.574. The number of urea groups is 1. The maximum absolute atomic E-state index is 12.7. The lowest BCUT2D eigenvalue weighted by molar-refractivity contribution is -0.131. The number of nitrogens with one attached hydrogen (secondary N) is 1. The van der Waals surface area contributed by atoms with Gasteiger partial charge in [-0.1, -0.05) is 30.3 Å².